The third-order valence-electron chi connectivity index (χ3n) is 4.86. The quantitative estimate of drug-likeness (QED) is 0.506. The number of alkyl halides is 3. The first-order chi connectivity index (χ1) is 14.6. The van der Waals surface area contributed by atoms with E-state index in [1.54, 1.807) is 6.92 Å². The number of nitrogens with one attached hydrogen (secondary N) is 1. The van der Waals surface area contributed by atoms with Gasteiger partial charge in [-0.05, 0) is 77.5 Å². The molecule has 0 radical (unpaired) electrons. The SMILES string of the molecule is CC(NC(=O)c1cc(C2CC2)cc(C(F)(F)F)c1)c1nc(Br)nn1-c1ccc(F)cn1. The van der Waals surface area contributed by atoms with E-state index in [0.29, 0.717) is 5.56 Å². The van der Waals surface area contributed by atoms with Crippen molar-refractivity contribution in [1.82, 2.24) is 25.1 Å². The lowest BCUT2D eigenvalue weighted by molar-refractivity contribution is -0.137. The van der Waals surface area contributed by atoms with Gasteiger partial charge in [0.05, 0.1) is 17.8 Å². The van der Waals surface area contributed by atoms with Crippen molar-refractivity contribution in [3.63, 3.8) is 0 Å². The van der Waals surface area contributed by atoms with Crippen LogP contribution in [0.5, 0.6) is 0 Å². The number of aromatic nitrogens is 4. The molecule has 2 aromatic heterocycles. The van der Waals surface area contributed by atoms with Crippen molar-refractivity contribution < 1.29 is 22.4 Å². The summed E-state index contributed by atoms with van der Waals surface area (Å²) in [7, 11) is 0. The number of benzene rings is 1. The standard InChI is InChI=1S/C20H16BrF4N5O/c1-10(17-28-19(21)29-30(17)16-5-4-15(22)9-26-16)27-18(31)13-6-12(11-2-3-11)7-14(8-13)20(23,24)25/h4-11H,2-3H2,1H3,(H,27,31). The minimum Gasteiger partial charge on any atom is -0.342 e. The van der Waals surface area contributed by atoms with E-state index in [0.717, 1.165) is 31.2 Å². The largest absolute Gasteiger partial charge is 0.416 e. The van der Waals surface area contributed by atoms with E-state index < -0.39 is 29.5 Å². The number of carbonyl (C=O) groups excluding carboxylic acids is 1. The maximum absolute atomic E-state index is 13.3. The lowest BCUT2D eigenvalue weighted by Gasteiger charge is -2.16. The second-order valence-corrected chi connectivity index (χ2v) is 8.01. The third-order valence-corrected chi connectivity index (χ3v) is 5.20. The fourth-order valence-electron chi connectivity index (χ4n) is 3.18. The van der Waals surface area contributed by atoms with E-state index >= 15 is 0 Å². The molecule has 1 atom stereocenters. The third kappa shape index (κ3) is 4.76. The van der Waals surface area contributed by atoms with Gasteiger partial charge >= 0.3 is 6.18 Å². The van der Waals surface area contributed by atoms with Crippen LogP contribution in [0.1, 0.15) is 59.0 Å². The number of hydrogen-bond acceptors (Lipinski definition) is 4. The molecule has 1 aliphatic rings. The highest BCUT2D eigenvalue weighted by Crippen LogP contribution is 2.42. The Morgan fingerprint density at radius 1 is 1.26 bits per heavy atom. The van der Waals surface area contributed by atoms with Gasteiger partial charge in [-0.25, -0.2) is 14.4 Å². The fourth-order valence-corrected chi connectivity index (χ4v) is 3.52. The molecule has 1 amide bonds. The molecule has 1 aromatic carbocycles. The molecule has 3 aromatic rings. The van der Waals surface area contributed by atoms with Crippen LogP contribution in [-0.4, -0.2) is 25.7 Å². The summed E-state index contributed by atoms with van der Waals surface area (Å²) in [6.45, 7) is 1.61. The van der Waals surface area contributed by atoms with Crippen LogP contribution in [0.2, 0.25) is 0 Å². The average Bonchev–Trinajstić information content (AvgIpc) is 3.49. The van der Waals surface area contributed by atoms with Gasteiger partial charge in [0, 0.05) is 5.56 Å². The summed E-state index contributed by atoms with van der Waals surface area (Å²) in [5.41, 5.74) is -0.418. The van der Waals surface area contributed by atoms with Gasteiger partial charge in [-0.15, -0.1) is 5.10 Å². The van der Waals surface area contributed by atoms with Gasteiger partial charge in [-0.1, -0.05) is 0 Å². The molecule has 0 bridgehead atoms. The summed E-state index contributed by atoms with van der Waals surface area (Å²) in [5.74, 6) is -0.602. The van der Waals surface area contributed by atoms with Crippen LogP contribution in [0.15, 0.2) is 41.3 Å². The number of amides is 1. The van der Waals surface area contributed by atoms with Gasteiger partial charge in [0.15, 0.2) is 11.6 Å². The van der Waals surface area contributed by atoms with Gasteiger partial charge in [0.2, 0.25) is 4.73 Å². The molecule has 2 heterocycles. The Hall–Kier alpha value is -2.82. The van der Waals surface area contributed by atoms with E-state index in [2.05, 4.69) is 36.3 Å². The first kappa shape index (κ1) is 21.4. The smallest absolute Gasteiger partial charge is 0.342 e. The van der Waals surface area contributed by atoms with Crippen molar-refractivity contribution >= 4 is 21.8 Å². The maximum Gasteiger partial charge on any atom is 0.416 e. The number of hydrogen-bond donors (Lipinski definition) is 1. The topological polar surface area (TPSA) is 72.7 Å². The normalized spacial score (nSPS) is 15.0. The van der Waals surface area contributed by atoms with Gasteiger partial charge in [0.25, 0.3) is 5.91 Å². The van der Waals surface area contributed by atoms with Crippen molar-refractivity contribution in [3.05, 3.63) is 69.6 Å². The van der Waals surface area contributed by atoms with E-state index in [1.807, 2.05) is 0 Å². The fraction of sp³-hybridized carbons (Fsp3) is 0.300. The van der Waals surface area contributed by atoms with Crippen LogP contribution in [0, 0.1) is 5.82 Å². The zero-order chi connectivity index (χ0) is 22.3. The lowest BCUT2D eigenvalue weighted by atomic mass is 10.0. The summed E-state index contributed by atoms with van der Waals surface area (Å²) in [6.07, 6.45) is -1.92. The Balaban J connectivity index is 1.61. The summed E-state index contributed by atoms with van der Waals surface area (Å²) in [5, 5.41) is 6.80. The second-order valence-electron chi connectivity index (χ2n) is 7.30. The molecular formula is C20H16BrF4N5O. The van der Waals surface area contributed by atoms with Gasteiger partial charge in [0.1, 0.15) is 5.82 Å². The van der Waals surface area contributed by atoms with E-state index in [4.69, 9.17) is 0 Å². The molecular weight excluding hydrogens is 482 g/mol. The average molecular weight is 498 g/mol. The molecule has 0 aliphatic heterocycles. The molecule has 31 heavy (non-hydrogen) atoms. The molecule has 0 spiro atoms. The summed E-state index contributed by atoms with van der Waals surface area (Å²) in [4.78, 5) is 20.9. The van der Waals surface area contributed by atoms with E-state index in [-0.39, 0.29) is 27.9 Å². The highest BCUT2D eigenvalue weighted by atomic mass is 79.9. The van der Waals surface area contributed by atoms with Gasteiger partial charge in [-0.2, -0.15) is 17.9 Å². The molecule has 1 unspecified atom stereocenters. The van der Waals surface area contributed by atoms with Crippen molar-refractivity contribution in [1.29, 1.82) is 0 Å². The number of halogens is 5. The highest BCUT2D eigenvalue weighted by molar-refractivity contribution is 9.10. The van der Waals surface area contributed by atoms with Crippen LogP contribution >= 0.6 is 15.9 Å². The zero-order valence-electron chi connectivity index (χ0n) is 16.1. The first-order valence-electron chi connectivity index (χ1n) is 9.39. The summed E-state index contributed by atoms with van der Waals surface area (Å²) >= 11 is 3.16. The maximum atomic E-state index is 13.3. The van der Waals surface area contributed by atoms with Crippen molar-refractivity contribution in [2.45, 2.75) is 37.9 Å². The van der Waals surface area contributed by atoms with Crippen LogP contribution in [0.4, 0.5) is 17.6 Å². The number of rotatable bonds is 5. The van der Waals surface area contributed by atoms with Gasteiger partial charge < -0.3 is 5.32 Å². The Morgan fingerprint density at radius 2 is 2.00 bits per heavy atom. The first-order valence-corrected chi connectivity index (χ1v) is 10.2. The summed E-state index contributed by atoms with van der Waals surface area (Å²) in [6, 6.07) is 5.31. The molecule has 0 saturated heterocycles. The highest BCUT2D eigenvalue weighted by Gasteiger charge is 2.34. The van der Waals surface area contributed by atoms with Crippen molar-refractivity contribution in [3.8, 4) is 5.82 Å². The van der Waals surface area contributed by atoms with Gasteiger partial charge in [-0.3, -0.25) is 4.79 Å². The Labute approximate surface area is 182 Å². The Bertz CT molecular complexity index is 1130. The predicted octanol–water partition coefficient (Wildman–Crippen LogP) is 4.95. The van der Waals surface area contributed by atoms with Crippen molar-refractivity contribution in [2.75, 3.05) is 0 Å². The van der Waals surface area contributed by atoms with Crippen LogP contribution in [0.3, 0.4) is 0 Å². The minimum absolute atomic E-state index is 0.0508. The number of nitrogens with zero attached hydrogens (tertiary/aromatic N) is 4. The monoisotopic (exact) mass is 497 g/mol. The molecule has 1 fully saturated rings. The molecule has 6 nitrogen and oxygen atoms in total. The molecule has 4 rings (SSSR count). The van der Waals surface area contributed by atoms with Crippen LogP contribution in [-0.2, 0) is 6.18 Å². The molecule has 162 valence electrons. The lowest BCUT2D eigenvalue weighted by Crippen LogP contribution is -2.29. The minimum atomic E-state index is -4.55. The summed E-state index contributed by atoms with van der Waals surface area (Å²) < 4.78 is 54.6. The molecule has 11 heteroatoms. The van der Waals surface area contributed by atoms with Crippen molar-refractivity contribution in [2.24, 2.45) is 0 Å². The van der Waals surface area contributed by atoms with Crippen LogP contribution < -0.4 is 5.32 Å². The second kappa shape index (κ2) is 8.03. The van der Waals surface area contributed by atoms with E-state index in [9.17, 15) is 22.4 Å². The molecule has 1 aliphatic carbocycles. The zero-order valence-corrected chi connectivity index (χ0v) is 17.7. The van der Waals surface area contributed by atoms with E-state index in [1.165, 1.54) is 22.9 Å². The van der Waals surface area contributed by atoms with Crippen LogP contribution in [0.25, 0.3) is 5.82 Å². The Morgan fingerprint density at radius 3 is 2.61 bits per heavy atom. The number of pyridine rings is 1. The Kier molecular flexibility index (Phi) is 5.54. The molecule has 1 saturated carbocycles. The molecule has 1 N–H and O–H groups in total. The number of carbonyl (C=O) groups is 1. The predicted molar refractivity (Wildman–Crippen MR) is 106 cm³/mol.